The average Bonchev–Trinajstić information content (AvgIpc) is 4.01. The summed E-state index contributed by atoms with van der Waals surface area (Å²) in [6.07, 6.45) is 0. The van der Waals surface area contributed by atoms with Crippen molar-refractivity contribution >= 4 is 87.2 Å². The van der Waals surface area contributed by atoms with Gasteiger partial charge in [-0.15, -0.1) is 0 Å². The third kappa shape index (κ3) is 4.23. The van der Waals surface area contributed by atoms with Crippen molar-refractivity contribution in [2.45, 2.75) is 0 Å². The van der Waals surface area contributed by atoms with E-state index in [0.29, 0.717) is 0 Å². The second-order valence-corrected chi connectivity index (χ2v) is 15.3. The quantitative estimate of drug-likeness (QED) is 0.171. The van der Waals surface area contributed by atoms with Gasteiger partial charge < -0.3 is 18.3 Å². The normalized spacial score (nSPS) is 12.1. The van der Waals surface area contributed by atoms with E-state index in [1.54, 1.807) is 0 Å². The zero-order valence-corrected chi connectivity index (χ0v) is 31.4. The Morgan fingerprint density at radius 2 is 0.534 bits per heavy atom. The third-order valence-corrected chi connectivity index (χ3v) is 12.3. The van der Waals surface area contributed by atoms with E-state index in [2.05, 4.69) is 225 Å². The summed E-state index contributed by atoms with van der Waals surface area (Å²) in [6.45, 7) is 0. The lowest BCUT2D eigenvalue weighted by Gasteiger charge is -2.13. The summed E-state index contributed by atoms with van der Waals surface area (Å²) in [4.78, 5) is 0. The lowest BCUT2D eigenvalue weighted by molar-refractivity contribution is 1.13. The highest BCUT2D eigenvalue weighted by atomic mass is 15.0. The molecule has 270 valence electrons. The van der Waals surface area contributed by atoms with Gasteiger partial charge in [-0.25, -0.2) is 0 Å². The molecule has 4 heteroatoms. The number of nitrogens with zero attached hydrogens (tertiary/aromatic N) is 4. The molecule has 0 aliphatic carbocycles. The summed E-state index contributed by atoms with van der Waals surface area (Å²) in [5.74, 6) is 0. The molecule has 0 aliphatic rings. The molecule has 0 fully saturated rings. The molecule has 13 rings (SSSR count). The fourth-order valence-electron chi connectivity index (χ4n) is 9.99. The zero-order valence-electron chi connectivity index (χ0n) is 31.4. The van der Waals surface area contributed by atoms with E-state index in [-0.39, 0.29) is 0 Å². The van der Waals surface area contributed by atoms with Crippen molar-refractivity contribution in [3.8, 4) is 22.7 Å². The van der Waals surface area contributed by atoms with E-state index in [1.807, 2.05) is 0 Å². The van der Waals surface area contributed by atoms with Crippen molar-refractivity contribution in [2.24, 2.45) is 0 Å². The van der Waals surface area contributed by atoms with Crippen molar-refractivity contribution in [3.63, 3.8) is 0 Å². The standard InChI is InChI=1S/C54H34N4/c1-3-16-35(17-4-1)55-47-28-13-9-24-41(47)53-49(55)30-31-50-54(53)42-25-10-14-29-48(42)57(50)37-20-15-21-38(32-37)58-46-27-12-8-23-40(46)44-33-43-39-22-7-11-26-45(39)56(51(43)34-52(44)58)36-18-5-2-6-19-36/h1-34H. The molecule has 13 aromatic rings. The van der Waals surface area contributed by atoms with Crippen LogP contribution in [0.3, 0.4) is 0 Å². The maximum atomic E-state index is 2.46. The first-order valence-electron chi connectivity index (χ1n) is 20.0. The van der Waals surface area contributed by atoms with E-state index in [9.17, 15) is 0 Å². The van der Waals surface area contributed by atoms with Gasteiger partial charge in [0.25, 0.3) is 0 Å². The Morgan fingerprint density at radius 3 is 1.02 bits per heavy atom. The SMILES string of the molecule is c1ccc(-n2c3ccccc3c3cc4c5ccccc5n(-c5cccc(-n6c7ccccc7c7c8c9ccccc9n(-c9ccccc9)c8ccc76)c5)c4cc32)cc1. The van der Waals surface area contributed by atoms with E-state index >= 15 is 0 Å². The first-order valence-corrected chi connectivity index (χ1v) is 20.0. The second kappa shape index (κ2) is 11.8. The molecule has 0 atom stereocenters. The average molecular weight is 739 g/mol. The van der Waals surface area contributed by atoms with E-state index < -0.39 is 0 Å². The van der Waals surface area contributed by atoms with Gasteiger partial charge in [0.2, 0.25) is 0 Å². The number of fused-ring (bicyclic) bond motifs is 13. The van der Waals surface area contributed by atoms with Crippen LogP contribution in [0.5, 0.6) is 0 Å². The largest absolute Gasteiger partial charge is 0.309 e. The molecule has 0 spiro atoms. The highest BCUT2D eigenvalue weighted by Gasteiger charge is 2.22. The molecule has 4 heterocycles. The van der Waals surface area contributed by atoms with Crippen LogP contribution in [0.2, 0.25) is 0 Å². The fraction of sp³-hybridized carbons (Fsp3) is 0. The van der Waals surface area contributed by atoms with Crippen LogP contribution in [0.15, 0.2) is 206 Å². The number of hydrogen-bond acceptors (Lipinski definition) is 0. The van der Waals surface area contributed by atoms with Gasteiger partial charge in [0.1, 0.15) is 0 Å². The lowest BCUT2D eigenvalue weighted by Crippen LogP contribution is -1.99. The predicted molar refractivity (Wildman–Crippen MR) is 244 cm³/mol. The predicted octanol–water partition coefficient (Wildman–Crippen LogP) is 14.1. The van der Waals surface area contributed by atoms with Gasteiger partial charge in [0.05, 0.1) is 44.1 Å². The monoisotopic (exact) mass is 738 g/mol. The summed E-state index contributed by atoms with van der Waals surface area (Å²) in [5, 5.41) is 10.1. The maximum Gasteiger partial charge on any atom is 0.0562 e. The highest BCUT2D eigenvalue weighted by Crippen LogP contribution is 2.44. The summed E-state index contributed by atoms with van der Waals surface area (Å²) < 4.78 is 9.74. The molecule has 4 aromatic heterocycles. The minimum absolute atomic E-state index is 1.12. The second-order valence-electron chi connectivity index (χ2n) is 15.3. The lowest BCUT2D eigenvalue weighted by atomic mass is 10.1. The summed E-state index contributed by atoms with van der Waals surface area (Å²) in [6, 6.07) is 75.4. The van der Waals surface area contributed by atoms with Crippen molar-refractivity contribution in [3.05, 3.63) is 206 Å². The molecular weight excluding hydrogens is 705 g/mol. The van der Waals surface area contributed by atoms with Crippen molar-refractivity contribution in [1.29, 1.82) is 0 Å². The Bertz CT molecular complexity index is 3780. The number of para-hydroxylation sites is 6. The molecule has 0 aliphatic heterocycles. The maximum absolute atomic E-state index is 2.46. The highest BCUT2D eigenvalue weighted by molar-refractivity contribution is 6.29. The van der Waals surface area contributed by atoms with Gasteiger partial charge in [0, 0.05) is 65.8 Å². The topological polar surface area (TPSA) is 19.7 Å². The molecule has 0 N–H and O–H groups in total. The van der Waals surface area contributed by atoms with Crippen LogP contribution < -0.4 is 0 Å². The summed E-state index contributed by atoms with van der Waals surface area (Å²) in [5.41, 5.74) is 14.2. The minimum atomic E-state index is 1.12. The molecule has 9 aromatic carbocycles. The molecular formula is C54H34N4. The Labute approximate surface area is 333 Å². The van der Waals surface area contributed by atoms with Gasteiger partial charge >= 0.3 is 0 Å². The summed E-state index contributed by atoms with van der Waals surface area (Å²) >= 11 is 0. The van der Waals surface area contributed by atoms with Gasteiger partial charge in [-0.05, 0) is 91.0 Å². The van der Waals surface area contributed by atoms with Gasteiger partial charge in [-0.1, -0.05) is 115 Å². The first-order chi connectivity index (χ1) is 28.8. The molecule has 0 radical (unpaired) electrons. The van der Waals surface area contributed by atoms with Gasteiger partial charge in [0.15, 0.2) is 0 Å². The molecule has 0 bridgehead atoms. The van der Waals surface area contributed by atoms with Crippen LogP contribution in [0.4, 0.5) is 0 Å². The molecule has 58 heavy (non-hydrogen) atoms. The van der Waals surface area contributed by atoms with E-state index in [1.165, 1.54) is 87.2 Å². The smallest absolute Gasteiger partial charge is 0.0562 e. The minimum Gasteiger partial charge on any atom is -0.309 e. The molecule has 4 nitrogen and oxygen atoms in total. The van der Waals surface area contributed by atoms with Crippen LogP contribution in [0.25, 0.3) is 110 Å². The number of hydrogen-bond donors (Lipinski definition) is 0. The molecule has 0 saturated carbocycles. The van der Waals surface area contributed by atoms with Crippen LogP contribution >= 0.6 is 0 Å². The fourth-order valence-corrected chi connectivity index (χ4v) is 9.99. The van der Waals surface area contributed by atoms with Gasteiger partial charge in [-0.2, -0.15) is 0 Å². The number of aromatic nitrogens is 4. The Morgan fingerprint density at radius 1 is 0.190 bits per heavy atom. The van der Waals surface area contributed by atoms with E-state index in [0.717, 1.165) is 22.7 Å². The van der Waals surface area contributed by atoms with Crippen LogP contribution in [-0.2, 0) is 0 Å². The van der Waals surface area contributed by atoms with Crippen LogP contribution in [0, 0.1) is 0 Å². The van der Waals surface area contributed by atoms with Crippen molar-refractivity contribution in [2.75, 3.05) is 0 Å². The van der Waals surface area contributed by atoms with Gasteiger partial charge in [-0.3, -0.25) is 0 Å². The van der Waals surface area contributed by atoms with Crippen LogP contribution in [-0.4, -0.2) is 18.3 Å². The van der Waals surface area contributed by atoms with Crippen LogP contribution in [0.1, 0.15) is 0 Å². The molecule has 0 saturated heterocycles. The third-order valence-electron chi connectivity index (χ3n) is 12.3. The number of rotatable bonds is 4. The zero-order chi connectivity index (χ0) is 37.9. The van der Waals surface area contributed by atoms with Crippen molar-refractivity contribution in [1.82, 2.24) is 18.3 Å². The molecule has 0 unspecified atom stereocenters. The first kappa shape index (κ1) is 31.4. The van der Waals surface area contributed by atoms with Crippen molar-refractivity contribution < 1.29 is 0 Å². The number of benzene rings is 9. The Hall–Kier alpha value is -7.82. The Balaban J connectivity index is 1.09. The summed E-state index contributed by atoms with van der Waals surface area (Å²) in [7, 11) is 0. The Kier molecular flexibility index (Phi) is 6.41. The molecule has 0 amide bonds. The van der Waals surface area contributed by atoms with E-state index in [4.69, 9.17) is 0 Å².